The second-order valence-electron chi connectivity index (χ2n) is 3.45. The first-order valence-electron chi connectivity index (χ1n) is 5.13. The molecule has 88 valence electrons. The van der Waals surface area contributed by atoms with E-state index in [-0.39, 0.29) is 11.7 Å². The van der Waals surface area contributed by atoms with Crippen LogP contribution in [0.4, 0.5) is 4.39 Å². The first kappa shape index (κ1) is 12.3. The number of carbonyl (C=O) groups is 1. The first-order chi connectivity index (χ1) is 8.13. The van der Waals surface area contributed by atoms with Crippen molar-refractivity contribution in [1.82, 2.24) is 4.90 Å². The number of carbonyl (C=O) groups excluding carboxylic acids is 1. The number of nitrogens with zero attached hydrogens (tertiary/aromatic N) is 1. The number of thiocarbonyl (C=S) groups is 1. The van der Waals surface area contributed by atoms with Crippen LogP contribution in [0.15, 0.2) is 29.2 Å². The van der Waals surface area contributed by atoms with Gasteiger partial charge in [-0.2, -0.15) is 0 Å². The molecule has 1 aromatic rings. The van der Waals surface area contributed by atoms with E-state index in [1.165, 1.54) is 22.7 Å². The van der Waals surface area contributed by atoms with E-state index >= 15 is 0 Å². The van der Waals surface area contributed by atoms with E-state index in [0.29, 0.717) is 21.3 Å². The molecule has 0 spiro atoms. The average molecular weight is 267 g/mol. The van der Waals surface area contributed by atoms with Crippen molar-refractivity contribution in [1.29, 1.82) is 0 Å². The third-order valence-corrected chi connectivity index (χ3v) is 3.76. The quantitative estimate of drug-likeness (QED) is 0.607. The van der Waals surface area contributed by atoms with Gasteiger partial charge in [-0.15, -0.1) is 0 Å². The van der Waals surface area contributed by atoms with Crippen molar-refractivity contribution in [2.75, 3.05) is 6.54 Å². The maximum Gasteiger partial charge on any atom is 0.266 e. The van der Waals surface area contributed by atoms with Gasteiger partial charge in [0.25, 0.3) is 5.91 Å². The third kappa shape index (κ3) is 2.40. The molecule has 0 atom stereocenters. The van der Waals surface area contributed by atoms with E-state index < -0.39 is 0 Å². The van der Waals surface area contributed by atoms with Gasteiger partial charge in [-0.1, -0.05) is 42.2 Å². The molecule has 2 nitrogen and oxygen atoms in total. The van der Waals surface area contributed by atoms with Crippen LogP contribution >= 0.6 is 24.0 Å². The van der Waals surface area contributed by atoms with Gasteiger partial charge in [-0.3, -0.25) is 9.69 Å². The number of benzene rings is 1. The molecular weight excluding hydrogens is 257 g/mol. The van der Waals surface area contributed by atoms with Crippen LogP contribution < -0.4 is 0 Å². The van der Waals surface area contributed by atoms with Crippen LogP contribution in [0.5, 0.6) is 0 Å². The van der Waals surface area contributed by atoms with Gasteiger partial charge in [-0.05, 0) is 19.1 Å². The number of amides is 1. The molecule has 0 aromatic heterocycles. The number of rotatable bonds is 2. The Bertz CT molecular complexity index is 513. The molecule has 2 rings (SSSR count). The van der Waals surface area contributed by atoms with Gasteiger partial charge in [0, 0.05) is 12.1 Å². The molecule has 1 fully saturated rings. The highest BCUT2D eigenvalue weighted by Gasteiger charge is 2.30. The molecule has 0 unspecified atom stereocenters. The topological polar surface area (TPSA) is 20.3 Å². The van der Waals surface area contributed by atoms with Crippen LogP contribution in [0.3, 0.4) is 0 Å². The van der Waals surface area contributed by atoms with Crippen molar-refractivity contribution >= 4 is 40.3 Å². The molecule has 0 aliphatic carbocycles. The Morgan fingerprint density at radius 3 is 2.76 bits per heavy atom. The van der Waals surface area contributed by atoms with Crippen molar-refractivity contribution < 1.29 is 9.18 Å². The van der Waals surface area contributed by atoms with E-state index in [1.807, 2.05) is 6.92 Å². The minimum Gasteiger partial charge on any atom is -0.293 e. The van der Waals surface area contributed by atoms with Crippen molar-refractivity contribution in [3.63, 3.8) is 0 Å². The Morgan fingerprint density at radius 1 is 1.47 bits per heavy atom. The summed E-state index contributed by atoms with van der Waals surface area (Å²) in [6.45, 7) is 2.40. The lowest BCUT2D eigenvalue weighted by Crippen LogP contribution is -2.27. The van der Waals surface area contributed by atoms with Crippen LogP contribution in [0.1, 0.15) is 12.5 Å². The number of hydrogen-bond donors (Lipinski definition) is 0. The summed E-state index contributed by atoms with van der Waals surface area (Å²) < 4.78 is 14.0. The van der Waals surface area contributed by atoms with E-state index in [1.54, 1.807) is 24.3 Å². The largest absolute Gasteiger partial charge is 0.293 e. The highest BCUT2D eigenvalue weighted by atomic mass is 32.2. The monoisotopic (exact) mass is 267 g/mol. The summed E-state index contributed by atoms with van der Waals surface area (Å²) in [5.41, 5.74) is 0.407. The van der Waals surface area contributed by atoms with E-state index in [9.17, 15) is 9.18 Å². The fourth-order valence-corrected chi connectivity index (χ4v) is 2.88. The lowest BCUT2D eigenvalue weighted by atomic mass is 10.2. The minimum atomic E-state index is -0.339. The fraction of sp³-hybridized carbons (Fsp3) is 0.167. The lowest BCUT2D eigenvalue weighted by Gasteiger charge is -2.09. The zero-order chi connectivity index (χ0) is 12.4. The number of hydrogen-bond acceptors (Lipinski definition) is 3. The molecule has 0 saturated carbocycles. The van der Waals surface area contributed by atoms with Crippen LogP contribution in [-0.2, 0) is 4.79 Å². The molecule has 0 N–H and O–H groups in total. The highest BCUT2D eigenvalue weighted by molar-refractivity contribution is 8.26. The maximum absolute atomic E-state index is 13.4. The van der Waals surface area contributed by atoms with Crippen molar-refractivity contribution in [2.45, 2.75) is 6.92 Å². The first-order valence-corrected chi connectivity index (χ1v) is 6.36. The summed E-state index contributed by atoms with van der Waals surface area (Å²) in [7, 11) is 0. The van der Waals surface area contributed by atoms with Gasteiger partial charge in [0.05, 0.1) is 4.91 Å². The summed E-state index contributed by atoms with van der Waals surface area (Å²) in [4.78, 5) is 13.9. The molecule has 0 bridgehead atoms. The second-order valence-corrected chi connectivity index (χ2v) is 5.12. The van der Waals surface area contributed by atoms with Crippen LogP contribution in [0, 0.1) is 5.82 Å². The molecule has 1 saturated heterocycles. The summed E-state index contributed by atoms with van der Waals surface area (Å²) in [6.07, 6.45) is 1.55. The Kier molecular flexibility index (Phi) is 3.59. The normalized spacial score (nSPS) is 18.2. The molecule has 5 heteroatoms. The number of halogens is 1. The van der Waals surface area contributed by atoms with E-state index in [2.05, 4.69) is 0 Å². The van der Waals surface area contributed by atoms with Gasteiger partial charge in [0.15, 0.2) is 0 Å². The zero-order valence-corrected chi connectivity index (χ0v) is 10.8. The Balaban J connectivity index is 2.34. The van der Waals surface area contributed by atoms with E-state index in [4.69, 9.17) is 12.2 Å². The molecule has 1 aliphatic rings. The van der Waals surface area contributed by atoms with Gasteiger partial charge in [0.1, 0.15) is 10.1 Å². The predicted octanol–water partition coefficient (Wildman–Crippen LogP) is 3.05. The van der Waals surface area contributed by atoms with Gasteiger partial charge >= 0.3 is 0 Å². The third-order valence-electron chi connectivity index (χ3n) is 2.38. The molecule has 1 heterocycles. The number of likely N-dealkylation sites (N-methyl/N-ethyl adjacent to an activating group) is 1. The maximum atomic E-state index is 13.4. The standard InChI is InChI=1S/C12H10FNOS2/c1-2-14-11(15)10(17-12(14)16)7-8-5-3-4-6-9(8)13/h3-7H,2H2,1H3/b10-7-. The molecule has 0 radical (unpaired) electrons. The molecular formula is C12H10FNOS2. The Morgan fingerprint density at radius 2 is 2.18 bits per heavy atom. The average Bonchev–Trinajstić information content (AvgIpc) is 2.57. The van der Waals surface area contributed by atoms with Crippen molar-refractivity contribution in [3.8, 4) is 0 Å². The second kappa shape index (κ2) is 4.98. The van der Waals surface area contributed by atoms with Crippen LogP contribution in [0.2, 0.25) is 0 Å². The summed E-state index contributed by atoms with van der Waals surface area (Å²) in [5, 5.41) is 0. The Hall–Kier alpha value is -1.20. The van der Waals surface area contributed by atoms with Crippen LogP contribution in [-0.4, -0.2) is 21.7 Å². The van der Waals surface area contributed by atoms with Crippen molar-refractivity contribution in [2.24, 2.45) is 0 Å². The van der Waals surface area contributed by atoms with Gasteiger partial charge in [0.2, 0.25) is 0 Å². The van der Waals surface area contributed by atoms with Gasteiger partial charge in [-0.25, -0.2) is 4.39 Å². The Labute approximate surface area is 108 Å². The van der Waals surface area contributed by atoms with E-state index in [0.717, 1.165) is 0 Å². The summed E-state index contributed by atoms with van der Waals surface area (Å²) in [5.74, 6) is -0.486. The fourth-order valence-electron chi connectivity index (χ4n) is 1.51. The summed E-state index contributed by atoms with van der Waals surface area (Å²) >= 11 is 6.29. The smallest absolute Gasteiger partial charge is 0.266 e. The SMILES string of the molecule is CCN1C(=O)/C(=C/c2ccccc2F)SC1=S. The minimum absolute atomic E-state index is 0.147. The number of thioether (sulfide) groups is 1. The zero-order valence-electron chi connectivity index (χ0n) is 9.14. The van der Waals surface area contributed by atoms with Gasteiger partial charge < -0.3 is 0 Å². The predicted molar refractivity (Wildman–Crippen MR) is 72.0 cm³/mol. The van der Waals surface area contributed by atoms with Crippen molar-refractivity contribution in [3.05, 3.63) is 40.6 Å². The molecule has 17 heavy (non-hydrogen) atoms. The molecule has 1 amide bonds. The molecule has 1 aliphatic heterocycles. The highest BCUT2D eigenvalue weighted by Crippen LogP contribution is 2.32. The van der Waals surface area contributed by atoms with Crippen LogP contribution in [0.25, 0.3) is 6.08 Å². The molecule has 1 aromatic carbocycles. The lowest BCUT2D eigenvalue weighted by molar-refractivity contribution is -0.121. The summed E-state index contributed by atoms with van der Waals surface area (Å²) in [6, 6.07) is 6.35.